The highest BCUT2D eigenvalue weighted by molar-refractivity contribution is 6.51. The van der Waals surface area contributed by atoms with Crippen LogP contribution in [0.3, 0.4) is 0 Å². The fraction of sp³-hybridized carbons (Fsp3) is 0.0435. The molecule has 1 heterocycles. The number of phenols is 1. The van der Waals surface area contributed by atoms with E-state index in [9.17, 15) is 24.2 Å². The van der Waals surface area contributed by atoms with E-state index in [2.05, 4.69) is 0 Å². The SMILES string of the molecule is O=C1C(=O)N(c2ccc(O)cc2)[C@H](c2ccccc2F)/C1=C(\O)c1ccccc1. The number of Topliss-reactive ketones (excluding diaryl/α,β-unsaturated/α-hetero) is 1. The summed E-state index contributed by atoms with van der Waals surface area (Å²) < 4.78 is 14.7. The molecule has 0 unspecified atom stereocenters. The summed E-state index contributed by atoms with van der Waals surface area (Å²) in [6.45, 7) is 0. The van der Waals surface area contributed by atoms with Crippen molar-refractivity contribution in [3.8, 4) is 5.75 Å². The molecule has 6 heteroatoms. The molecule has 1 aliphatic rings. The van der Waals surface area contributed by atoms with Crippen LogP contribution in [0.15, 0.2) is 84.4 Å². The molecule has 0 saturated carbocycles. The molecule has 1 atom stereocenters. The Morgan fingerprint density at radius 1 is 0.862 bits per heavy atom. The van der Waals surface area contributed by atoms with Gasteiger partial charge in [0.25, 0.3) is 11.7 Å². The van der Waals surface area contributed by atoms with E-state index in [1.54, 1.807) is 36.4 Å². The summed E-state index contributed by atoms with van der Waals surface area (Å²) in [6, 6.07) is 18.6. The first-order valence-electron chi connectivity index (χ1n) is 8.89. The van der Waals surface area contributed by atoms with E-state index in [1.165, 1.54) is 42.5 Å². The van der Waals surface area contributed by atoms with E-state index in [4.69, 9.17) is 0 Å². The molecule has 1 aliphatic heterocycles. The van der Waals surface area contributed by atoms with E-state index >= 15 is 0 Å². The Labute approximate surface area is 166 Å². The molecular formula is C23H16FNO4. The highest BCUT2D eigenvalue weighted by atomic mass is 19.1. The molecule has 0 aliphatic carbocycles. The zero-order valence-electron chi connectivity index (χ0n) is 15.1. The maximum Gasteiger partial charge on any atom is 0.300 e. The number of halogens is 1. The Kier molecular flexibility index (Phi) is 4.60. The summed E-state index contributed by atoms with van der Waals surface area (Å²) in [6.07, 6.45) is 0. The second-order valence-corrected chi connectivity index (χ2v) is 6.57. The Morgan fingerprint density at radius 2 is 1.48 bits per heavy atom. The number of carbonyl (C=O) groups excluding carboxylic acids is 2. The average Bonchev–Trinajstić information content (AvgIpc) is 3.00. The van der Waals surface area contributed by atoms with Gasteiger partial charge in [0.2, 0.25) is 0 Å². The van der Waals surface area contributed by atoms with Crippen molar-refractivity contribution in [1.82, 2.24) is 0 Å². The number of hydrogen-bond donors (Lipinski definition) is 2. The van der Waals surface area contributed by atoms with Crippen LogP contribution in [-0.2, 0) is 9.59 Å². The third-order valence-corrected chi connectivity index (χ3v) is 4.82. The number of benzene rings is 3. The smallest absolute Gasteiger partial charge is 0.300 e. The number of carbonyl (C=O) groups is 2. The van der Waals surface area contributed by atoms with Gasteiger partial charge in [-0.25, -0.2) is 4.39 Å². The lowest BCUT2D eigenvalue weighted by Crippen LogP contribution is -2.29. The lowest BCUT2D eigenvalue weighted by atomic mass is 9.94. The molecule has 1 fully saturated rings. The molecule has 2 N–H and O–H groups in total. The van der Waals surface area contributed by atoms with Gasteiger partial charge in [-0.1, -0.05) is 48.5 Å². The minimum atomic E-state index is -1.15. The Hall–Kier alpha value is -3.93. The second kappa shape index (κ2) is 7.24. The Balaban J connectivity index is 1.97. The maximum absolute atomic E-state index is 14.7. The van der Waals surface area contributed by atoms with Gasteiger partial charge in [-0.3, -0.25) is 14.5 Å². The van der Waals surface area contributed by atoms with Crippen LogP contribution in [0.25, 0.3) is 5.76 Å². The zero-order chi connectivity index (χ0) is 20.5. The fourth-order valence-corrected chi connectivity index (χ4v) is 3.45. The molecule has 5 nitrogen and oxygen atoms in total. The van der Waals surface area contributed by atoms with Crippen molar-refractivity contribution in [2.75, 3.05) is 4.90 Å². The van der Waals surface area contributed by atoms with Crippen molar-refractivity contribution in [2.45, 2.75) is 6.04 Å². The van der Waals surface area contributed by atoms with E-state index in [0.29, 0.717) is 11.3 Å². The molecule has 144 valence electrons. The van der Waals surface area contributed by atoms with Crippen molar-refractivity contribution in [3.05, 3.63) is 101 Å². The number of hydrogen-bond acceptors (Lipinski definition) is 4. The van der Waals surface area contributed by atoms with Crippen LogP contribution in [-0.4, -0.2) is 21.9 Å². The largest absolute Gasteiger partial charge is 0.508 e. The average molecular weight is 389 g/mol. The van der Waals surface area contributed by atoms with E-state index in [1.807, 2.05) is 0 Å². The molecule has 0 radical (unpaired) electrons. The predicted octanol–water partition coefficient (Wildman–Crippen LogP) is 4.16. The summed E-state index contributed by atoms with van der Waals surface area (Å²) >= 11 is 0. The van der Waals surface area contributed by atoms with Gasteiger partial charge in [0.1, 0.15) is 17.3 Å². The number of phenolic OH excluding ortho intramolecular Hbond substituents is 1. The normalized spacial score (nSPS) is 18.2. The Bertz CT molecular complexity index is 1120. The molecule has 0 aromatic heterocycles. The quantitative estimate of drug-likeness (QED) is 0.401. The summed E-state index contributed by atoms with van der Waals surface area (Å²) in [7, 11) is 0. The van der Waals surface area contributed by atoms with E-state index < -0.39 is 23.5 Å². The van der Waals surface area contributed by atoms with Gasteiger partial charge in [-0.2, -0.15) is 0 Å². The van der Waals surface area contributed by atoms with Crippen LogP contribution >= 0.6 is 0 Å². The molecule has 4 rings (SSSR count). The van der Waals surface area contributed by atoms with Crippen molar-refractivity contribution in [2.24, 2.45) is 0 Å². The van der Waals surface area contributed by atoms with Gasteiger partial charge < -0.3 is 10.2 Å². The van der Waals surface area contributed by atoms with Crippen LogP contribution < -0.4 is 4.90 Å². The predicted molar refractivity (Wildman–Crippen MR) is 106 cm³/mol. The van der Waals surface area contributed by atoms with Gasteiger partial charge in [0.05, 0.1) is 11.6 Å². The van der Waals surface area contributed by atoms with Crippen LogP contribution in [0.4, 0.5) is 10.1 Å². The fourth-order valence-electron chi connectivity index (χ4n) is 3.45. The van der Waals surface area contributed by atoms with Crippen molar-refractivity contribution in [3.63, 3.8) is 0 Å². The number of rotatable bonds is 3. The number of aromatic hydroxyl groups is 1. The van der Waals surface area contributed by atoms with Crippen molar-refractivity contribution in [1.29, 1.82) is 0 Å². The summed E-state index contributed by atoms with van der Waals surface area (Å²) in [5.74, 6) is -2.80. The number of aliphatic hydroxyl groups excluding tert-OH is 1. The van der Waals surface area contributed by atoms with Crippen LogP contribution in [0.2, 0.25) is 0 Å². The molecule has 0 bridgehead atoms. The first kappa shape index (κ1) is 18.4. The van der Waals surface area contributed by atoms with E-state index in [0.717, 1.165) is 4.90 Å². The maximum atomic E-state index is 14.7. The number of amides is 1. The first-order chi connectivity index (χ1) is 14.0. The number of nitrogens with zero attached hydrogens (tertiary/aromatic N) is 1. The minimum Gasteiger partial charge on any atom is -0.508 e. The van der Waals surface area contributed by atoms with Crippen molar-refractivity contribution >= 4 is 23.1 Å². The van der Waals surface area contributed by atoms with Crippen LogP contribution in [0, 0.1) is 5.82 Å². The number of anilines is 1. The van der Waals surface area contributed by atoms with Crippen LogP contribution in [0.1, 0.15) is 17.2 Å². The molecular weight excluding hydrogens is 373 g/mol. The number of aliphatic hydroxyl groups is 1. The Morgan fingerprint density at radius 3 is 2.14 bits per heavy atom. The first-order valence-corrected chi connectivity index (χ1v) is 8.89. The van der Waals surface area contributed by atoms with Gasteiger partial charge in [-0.15, -0.1) is 0 Å². The summed E-state index contributed by atoms with van der Waals surface area (Å²) in [5, 5.41) is 20.4. The molecule has 0 spiro atoms. The van der Waals surface area contributed by atoms with Gasteiger partial charge >= 0.3 is 0 Å². The monoisotopic (exact) mass is 389 g/mol. The zero-order valence-corrected chi connectivity index (χ0v) is 15.1. The second-order valence-electron chi connectivity index (χ2n) is 6.57. The summed E-state index contributed by atoms with van der Waals surface area (Å²) in [5.41, 5.74) is 0.527. The lowest BCUT2D eigenvalue weighted by Gasteiger charge is -2.25. The highest BCUT2D eigenvalue weighted by Gasteiger charge is 2.47. The molecule has 1 saturated heterocycles. The highest BCUT2D eigenvalue weighted by Crippen LogP contribution is 2.43. The van der Waals surface area contributed by atoms with Gasteiger partial charge in [-0.05, 0) is 30.3 Å². The molecule has 29 heavy (non-hydrogen) atoms. The standard InChI is InChI=1S/C23H16FNO4/c24-18-9-5-4-8-17(18)20-19(21(27)14-6-2-1-3-7-14)22(28)23(29)25(20)15-10-12-16(26)13-11-15/h1-13,20,26-27H/b21-19+/t20-/m1/s1. The molecule has 1 amide bonds. The molecule has 3 aromatic rings. The van der Waals surface area contributed by atoms with Crippen molar-refractivity contribution < 1.29 is 24.2 Å². The summed E-state index contributed by atoms with van der Waals surface area (Å²) in [4.78, 5) is 26.9. The topological polar surface area (TPSA) is 77.8 Å². The van der Waals surface area contributed by atoms with E-state index in [-0.39, 0.29) is 22.6 Å². The lowest BCUT2D eigenvalue weighted by molar-refractivity contribution is -0.132. The minimum absolute atomic E-state index is 0.0166. The van der Waals surface area contributed by atoms with Crippen LogP contribution in [0.5, 0.6) is 5.75 Å². The van der Waals surface area contributed by atoms with Gasteiger partial charge in [0.15, 0.2) is 0 Å². The number of ketones is 1. The molecule has 3 aromatic carbocycles. The third-order valence-electron chi connectivity index (χ3n) is 4.82. The third kappa shape index (κ3) is 3.14. The van der Waals surface area contributed by atoms with Gasteiger partial charge in [0, 0.05) is 16.8 Å².